The van der Waals surface area contributed by atoms with Gasteiger partial charge in [-0.2, -0.15) is 0 Å². The average molecular weight is 348 g/mol. The third kappa shape index (κ3) is 3.83. The second kappa shape index (κ2) is 8.05. The van der Waals surface area contributed by atoms with Crippen molar-refractivity contribution in [2.45, 2.75) is 38.1 Å². The molecule has 4 rings (SSSR count). The summed E-state index contributed by atoms with van der Waals surface area (Å²) >= 11 is 0. The SMILES string of the molecule is O=C(C=Cc1cccc2ccccc12)N1CCC(N2CCCCC2)CC1. The smallest absolute Gasteiger partial charge is 0.246 e. The van der Waals surface area contributed by atoms with Gasteiger partial charge >= 0.3 is 0 Å². The van der Waals surface area contributed by atoms with Crippen molar-refractivity contribution in [3.63, 3.8) is 0 Å². The van der Waals surface area contributed by atoms with E-state index in [1.54, 1.807) is 6.08 Å². The third-order valence-corrected chi connectivity index (χ3v) is 5.91. The Kier molecular flexibility index (Phi) is 5.35. The van der Waals surface area contributed by atoms with E-state index >= 15 is 0 Å². The number of benzene rings is 2. The first-order valence-electron chi connectivity index (χ1n) is 10.00. The van der Waals surface area contributed by atoms with Crippen LogP contribution in [0.25, 0.3) is 16.8 Å². The van der Waals surface area contributed by atoms with E-state index in [2.05, 4.69) is 35.2 Å². The predicted octanol–water partition coefficient (Wildman–Crippen LogP) is 4.33. The second-order valence-electron chi connectivity index (χ2n) is 7.55. The average Bonchev–Trinajstić information content (AvgIpc) is 2.73. The minimum Gasteiger partial charge on any atom is -0.339 e. The number of carbonyl (C=O) groups excluding carboxylic acids is 1. The highest BCUT2D eigenvalue weighted by atomic mass is 16.2. The summed E-state index contributed by atoms with van der Waals surface area (Å²) in [4.78, 5) is 17.3. The highest BCUT2D eigenvalue weighted by molar-refractivity contribution is 5.96. The molecule has 0 spiro atoms. The fourth-order valence-electron chi connectivity index (χ4n) is 4.40. The molecule has 3 nitrogen and oxygen atoms in total. The Morgan fingerprint density at radius 2 is 1.62 bits per heavy atom. The zero-order valence-electron chi connectivity index (χ0n) is 15.4. The maximum absolute atomic E-state index is 12.6. The Bertz CT molecular complexity index is 778. The number of hydrogen-bond acceptors (Lipinski definition) is 2. The van der Waals surface area contributed by atoms with E-state index < -0.39 is 0 Å². The largest absolute Gasteiger partial charge is 0.339 e. The number of likely N-dealkylation sites (tertiary alicyclic amines) is 2. The topological polar surface area (TPSA) is 23.6 Å². The van der Waals surface area contributed by atoms with E-state index in [4.69, 9.17) is 0 Å². The van der Waals surface area contributed by atoms with Crippen molar-refractivity contribution in [2.24, 2.45) is 0 Å². The molecule has 26 heavy (non-hydrogen) atoms. The molecule has 0 saturated carbocycles. The van der Waals surface area contributed by atoms with Crippen LogP contribution >= 0.6 is 0 Å². The minimum atomic E-state index is 0.148. The molecule has 0 unspecified atom stereocenters. The van der Waals surface area contributed by atoms with Crippen LogP contribution in [0.5, 0.6) is 0 Å². The standard InChI is InChI=1S/C23H28N2O/c26-23(12-11-20-9-6-8-19-7-2-3-10-22(19)20)25-17-13-21(14-18-25)24-15-4-1-5-16-24/h2-3,6-12,21H,1,4-5,13-18H2. The van der Waals surface area contributed by atoms with Gasteiger partial charge in [0.1, 0.15) is 0 Å². The molecule has 0 radical (unpaired) electrons. The number of amides is 1. The van der Waals surface area contributed by atoms with Crippen molar-refractivity contribution in [2.75, 3.05) is 26.2 Å². The monoisotopic (exact) mass is 348 g/mol. The number of hydrogen-bond donors (Lipinski definition) is 0. The van der Waals surface area contributed by atoms with Gasteiger partial charge in [0.25, 0.3) is 0 Å². The molecule has 2 heterocycles. The molecule has 2 fully saturated rings. The lowest BCUT2D eigenvalue weighted by Crippen LogP contribution is -2.47. The van der Waals surface area contributed by atoms with Crippen molar-refractivity contribution < 1.29 is 4.79 Å². The summed E-state index contributed by atoms with van der Waals surface area (Å²) < 4.78 is 0. The van der Waals surface area contributed by atoms with Crippen molar-refractivity contribution in [1.29, 1.82) is 0 Å². The number of rotatable bonds is 3. The molecule has 0 atom stereocenters. The van der Waals surface area contributed by atoms with Gasteiger partial charge in [0.15, 0.2) is 0 Å². The predicted molar refractivity (Wildman–Crippen MR) is 108 cm³/mol. The number of carbonyl (C=O) groups is 1. The molecule has 0 bridgehead atoms. The van der Waals surface area contributed by atoms with E-state index in [0.29, 0.717) is 6.04 Å². The molecule has 136 valence electrons. The van der Waals surface area contributed by atoms with Crippen LogP contribution in [0.2, 0.25) is 0 Å². The zero-order chi connectivity index (χ0) is 17.8. The van der Waals surface area contributed by atoms with Gasteiger partial charge in [-0.25, -0.2) is 0 Å². The van der Waals surface area contributed by atoms with Crippen LogP contribution in [0, 0.1) is 0 Å². The number of nitrogens with zero attached hydrogens (tertiary/aromatic N) is 2. The van der Waals surface area contributed by atoms with E-state index in [1.165, 1.54) is 43.1 Å². The second-order valence-corrected chi connectivity index (χ2v) is 7.55. The lowest BCUT2D eigenvalue weighted by Gasteiger charge is -2.40. The quantitative estimate of drug-likeness (QED) is 0.771. The van der Waals surface area contributed by atoms with E-state index in [-0.39, 0.29) is 5.91 Å². The summed E-state index contributed by atoms with van der Waals surface area (Å²) in [5.74, 6) is 0.148. The maximum atomic E-state index is 12.6. The van der Waals surface area contributed by atoms with Crippen molar-refractivity contribution in [3.05, 3.63) is 54.1 Å². The Balaban J connectivity index is 1.37. The van der Waals surface area contributed by atoms with Crippen LogP contribution in [0.1, 0.15) is 37.7 Å². The third-order valence-electron chi connectivity index (χ3n) is 5.91. The van der Waals surface area contributed by atoms with Gasteiger partial charge in [0.2, 0.25) is 5.91 Å². The van der Waals surface area contributed by atoms with E-state index in [0.717, 1.165) is 31.5 Å². The Hall–Kier alpha value is -2.13. The molecule has 0 aromatic heterocycles. The number of fused-ring (bicyclic) bond motifs is 1. The first-order valence-corrected chi connectivity index (χ1v) is 10.00. The van der Waals surface area contributed by atoms with Crippen LogP contribution in [-0.4, -0.2) is 47.9 Å². The molecular weight excluding hydrogens is 320 g/mol. The zero-order valence-corrected chi connectivity index (χ0v) is 15.4. The molecule has 0 N–H and O–H groups in total. The minimum absolute atomic E-state index is 0.148. The summed E-state index contributed by atoms with van der Waals surface area (Å²) in [5, 5.41) is 2.41. The molecule has 0 aliphatic carbocycles. The van der Waals surface area contributed by atoms with Gasteiger partial charge in [-0.1, -0.05) is 48.9 Å². The van der Waals surface area contributed by atoms with Gasteiger partial charge < -0.3 is 9.80 Å². The van der Waals surface area contributed by atoms with Crippen LogP contribution in [-0.2, 0) is 4.79 Å². The first-order chi connectivity index (χ1) is 12.8. The summed E-state index contributed by atoms with van der Waals surface area (Å²) in [6.45, 7) is 4.28. The summed E-state index contributed by atoms with van der Waals surface area (Å²) in [5.41, 5.74) is 1.11. The highest BCUT2D eigenvalue weighted by Crippen LogP contribution is 2.22. The van der Waals surface area contributed by atoms with E-state index in [9.17, 15) is 4.79 Å². The van der Waals surface area contributed by atoms with Crippen LogP contribution in [0.15, 0.2) is 48.5 Å². The normalized spacial score (nSPS) is 20.1. The lowest BCUT2D eigenvalue weighted by molar-refractivity contribution is -0.127. The maximum Gasteiger partial charge on any atom is 0.246 e. The molecule has 2 aliphatic heterocycles. The van der Waals surface area contributed by atoms with Gasteiger partial charge in [-0.15, -0.1) is 0 Å². The van der Waals surface area contributed by atoms with Gasteiger partial charge in [-0.05, 0) is 61.2 Å². The van der Waals surface area contributed by atoms with Crippen molar-refractivity contribution in [1.82, 2.24) is 9.80 Å². The van der Waals surface area contributed by atoms with Gasteiger partial charge in [0, 0.05) is 25.2 Å². The van der Waals surface area contributed by atoms with Crippen molar-refractivity contribution in [3.8, 4) is 0 Å². The van der Waals surface area contributed by atoms with Crippen LogP contribution in [0.4, 0.5) is 0 Å². The first kappa shape index (κ1) is 17.3. The molecule has 2 aliphatic rings. The Morgan fingerprint density at radius 1 is 0.885 bits per heavy atom. The van der Waals surface area contributed by atoms with E-state index in [1.807, 2.05) is 23.1 Å². The highest BCUT2D eigenvalue weighted by Gasteiger charge is 2.26. The Morgan fingerprint density at radius 3 is 2.42 bits per heavy atom. The molecular formula is C23H28N2O. The summed E-state index contributed by atoms with van der Waals surface area (Å²) in [6.07, 6.45) is 10.0. The fraction of sp³-hybridized carbons (Fsp3) is 0.435. The molecule has 2 saturated heterocycles. The summed E-state index contributed by atoms with van der Waals surface area (Å²) in [6, 6.07) is 15.2. The Labute approximate surface area is 156 Å². The molecule has 2 aromatic rings. The van der Waals surface area contributed by atoms with Gasteiger partial charge in [-0.3, -0.25) is 4.79 Å². The number of piperidine rings is 2. The molecule has 2 aromatic carbocycles. The van der Waals surface area contributed by atoms with Crippen LogP contribution < -0.4 is 0 Å². The molecule has 3 heteroatoms. The summed E-state index contributed by atoms with van der Waals surface area (Å²) in [7, 11) is 0. The van der Waals surface area contributed by atoms with Crippen molar-refractivity contribution >= 4 is 22.8 Å². The van der Waals surface area contributed by atoms with Gasteiger partial charge in [0.05, 0.1) is 0 Å². The van der Waals surface area contributed by atoms with Crippen LogP contribution in [0.3, 0.4) is 0 Å². The lowest BCUT2D eigenvalue weighted by atomic mass is 9.99. The molecule has 1 amide bonds. The fourth-order valence-corrected chi connectivity index (χ4v) is 4.40.